The molecule has 0 radical (unpaired) electrons. The van der Waals surface area contributed by atoms with Gasteiger partial charge in [-0.2, -0.15) is 0 Å². The molecule has 6 heteroatoms. The number of aromatic nitrogens is 1. The molecule has 1 fully saturated rings. The third-order valence-electron chi connectivity index (χ3n) is 4.61. The number of ether oxygens (including phenoxy) is 2. The highest BCUT2D eigenvalue weighted by atomic mass is 16.5. The van der Waals surface area contributed by atoms with Gasteiger partial charge in [0, 0.05) is 18.7 Å². The molecule has 6 nitrogen and oxygen atoms in total. The van der Waals surface area contributed by atoms with Gasteiger partial charge in [0.1, 0.15) is 5.82 Å². The highest BCUT2D eigenvalue weighted by molar-refractivity contribution is 6.04. The van der Waals surface area contributed by atoms with Gasteiger partial charge >= 0.3 is 0 Å². The van der Waals surface area contributed by atoms with Crippen LogP contribution in [0.15, 0.2) is 36.5 Å². The quantitative estimate of drug-likeness (QED) is 0.885. The Bertz CT molecular complexity index is 738. The Hall–Kier alpha value is -2.76. The largest absolute Gasteiger partial charge is 0.493 e. The third kappa shape index (κ3) is 4.25. The van der Waals surface area contributed by atoms with Crippen molar-refractivity contribution in [1.82, 2.24) is 4.98 Å². The number of nitrogens with zero attached hydrogens (tertiary/aromatic N) is 2. The van der Waals surface area contributed by atoms with Gasteiger partial charge < -0.3 is 19.7 Å². The summed E-state index contributed by atoms with van der Waals surface area (Å²) in [5, 5.41) is 2.82. The van der Waals surface area contributed by atoms with E-state index in [-0.39, 0.29) is 5.91 Å². The molecule has 2 aromatic rings. The zero-order chi connectivity index (χ0) is 18.4. The molecule has 0 atom stereocenters. The van der Waals surface area contributed by atoms with E-state index in [1.54, 1.807) is 32.4 Å². The lowest BCUT2D eigenvalue weighted by molar-refractivity contribution is 0.102. The molecule has 1 aromatic heterocycles. The van der Waals surface area contributed by atoms with E-state index in [0.717, 1.165) is 18.8 Å². The maximum Gasteiger partial charge on any atom is 0.256 e. The van der Waals surface area contributed by atoms with Crippen LogP contribution in [-0.4, -0.2) is 38.2 Å². The van der Waals surface area contributed by atoms with E-state index in [1.807, 2.05) is 18.3 Å². The number of carbonyl (C=O) groups excluding carboxylic acids is 1. The average molecular weight is 355 g/mol. The molecule has 0 saturated carbocycles. The molecule has 26 heavy (non-hydrogen) atoms. The van der Waals surface area contributed by atoms with Gasteiger partial charge in [-0.3, -0.25) is 4.79 Å². The molecule has 0 unspecified atom stereocenters. The van der Waals surface area contributed by atoms with Crippen LogP contribution >= 0.6 is 0 Å². The Morgan fingerprint density at radius 3 is 2.35 bits per heavy atom. The van der Waals surface area contributed by atoms with Crippen LogP contribution in [0, 0.1) is 0 Å². The number of benzene rings is 1. The van der Waals surface area contributed by atoms with E-state index in [0.29, 0.717) is 22.9 Å². The minimum Gasteiger partial charge on any atom is -0.493 e. The summed E-state index contributed by atoms with van der Waals surface area (Å²) in [5.74, 6) is 1.40. The monoisotopic (exact) mass is 355 g/mol. The normalized spacial score (nSPS) is 14.5. The van der Waals surface area contributed by atoms with E-state index in [1.165, 1.54) is 25.7 Å². The molecule has 2 heterocycles. The van der Waals surface area contributed by atoms with Crippen LogP contribution in [0.4, 0.5) is 11.5 Å². The van der Waals surface area contributed by atoms with E-state index in [2.05, 4.69) is 15.2 Å². The van der Waals surface area contributed by atoms with Crippen molar-refractivity contribution in [3.8, 4) is 11.5 Å². The van der Waals surface area contributed by atoms with Gasteiger partial charge in [-0.25, -0.2) is 4.98 Å². The van der Waals surface area contributed by atoms with Gasteiger partial charge in [0.15, 0.2) is 11.5 Å². The van der Waals surface area contributed by atoms with Gasteiger partial charge in [-0.05, 0) is 43.2 Å². The number of anilines is 2. The second-order valence-electron chi connectivity index (χ2n) is 6.33. The second kappa shape index (κ2) is 8.56. The molecule has 0 spiro atoms. The minimum atomic E-state index is -0.235. The van der Waals surface area contributed by atoms with Crippen molar-refractivity contribution in [2.75, 3.05) is 37.5 Å². The highest BCUT2D eigenvalue weighted by Gasteiger charge is 2.13. The topological polar surface area (TPSA) is 63.7 Å². The van der Waals surface area contributed by atoms with Crippen LogP contribution in [-0.2, 0) is 0 Å². The van der Waals surface area contributed by atoms with Crippen LogP contribution in [0.2, 0.25) is 0 Å². The minimum absolute atomic E-state index is 0.235. The Kier molecular flexibility index (Phi) is 5.94. The highest BCUT2D eigenvalue weighted by Crippen LogP contribution is 2.28. The average Bonchev–Trinajstić information content (AvgIpc) is 2.97. The molecule has 1 saturated heterocycles. The van der Waals surface area contributed by atoms with Gasteiger partial charge in [-0.1, -0.05) is 12.8 Å². The predicted octanol–water partition coefficient (Wildman–Crippen LogP) is 3.73. The summed E-state index contributed by atoms with van der Waals surface area (Å²) in [6.45, 7) is 2.14. The fourth-order valence-electron chi connectivity index (χ4n) is 3.14. The summed E-state index contributed by atoms with van der Waals surface area (Å²) in [4.78, 5) is 19.2. The number of nitrogens with one attached hydrogen (secondary N) is 1. The van der Waals surface area contributed by atoms with Crippen molar-refractivity contribution in [3.63, 3.8) is 0 Å². The molecule has 138 valence electrons. The standard InChI is InChI=1S/C20H25N3O3/c1-25-17-9-7-15(13-18(17)26-2)20(24)22-19-10-8-16(14-21-19)23-11-5-3-4-6-12-23/h7-10,13-14H,3-6,11-12H2,1-2H3,(H,21,22,24). The smallest absolute Gasteiger partial charge is 0.256 e. The van der Waals surface area contributed by atoms with Crippen molar-refractivity contribution < 1.29 is 14.3 Å². The Morgan fingerprint density at radius 2 is 1.73 bits per heavy atom. The number of rotatable bonds is 5. The summed E-state index contributed by atoms with van der Waals surface area (Å²) in [7, 11) is 3.11. The number of amides is 1. The second-order valence-corrected chi connectivity index (χ2v) is 6.33. The molecule has 3 rings (SSSR count). The summed E-state index contributed by atoms with van der Waals surface area (Å²) >= 11 is 0. The summed E-state index contributed by atoms with van der Waals surface area (Å²) in [5.41, 5.74) is 1.59. The molecular weight excluding hydrogens is 330 g/mol. The zero-order valence-electron chi connectivity index (χ0n) is 15.3. The maximum atomic E-state index is 12.5. The lowest BCUT2D eigenvalue weighted by atomic mass is 10.2. The van der Waals surface area contributed by atoms with Crippen molar-refractivity contribution >= 4 is 17.4 Å². The lowest BCUT2D eigenvalue weighted by Crippen LogP contribution is -2.24. The van der Waals surface area contributed by atoms with Crippen molar-refractivity contribution in [2.45, 2.75) is 25.7 Å². The molecule has 1 aliphatic rings. The number of methoxy groups -OCH3 is 2. The van der Waals surface area contributed by atoms with Crippen molar-refractivity contribution in [1.29, 1.82) is 0 Å². The zero-order valence-corrected chi connectivity index (χ0v) is 15.3. The first-order valence-corrected chi connectivity index (χ1v) is 8.95. The number of pyridine rings is 1. The van der Waals surface area contributed by atoms with Crippen LogP contribution in [0.25, 0.3) is 0 Å². The first-order valence-electron chi connectivity index (χ1n) is 8.95. The molecule has 0 aliphatic carbocycles. The molecular formula is C20H25N3O3. The van der Waals surface area contributed by atoms with E-state index in [4.69, 9.17) is 9.47 Å². The van der Waals surface area contributed by atoms with Gasteiger partial charge in [-0.15, -0.1) is 0 Å². The first-order chi connectivity index (χ1) is 12.7. The SMILES string of the molecule is COc1ccc(C(=O)Nc2ccc(N3CCCCCC3)cn2)cc1OC. The van der Waals surface area contributed by atoms with Crippen LogP contribution in [0.3, 0.4) is 0 Å². The predicted molar refractivity (Wildman–Crippen MR) is 102 cm³/mol. The van der Waals surface area contributed by atoms with Crippen molar-refractivity contribution in [3.05, 3.63) is 42.1 Å². The van der Waals surface area contributed by atoms with E-state index in [9.17, 15) is 4.79 Å². The third-order valence-corrected chi connectivity index (χ3v) is 4.61. The first kappa shape index (κ1) is 18.0. The Morgan fingerprint density at radius 1 is 1.00 bits per heavy atom. The fourth-order valence-corrected chi connectivity index (χ4v) is 3.14. The Balaban J connectivity index is 1.67. The van der Waals surface area contributed by atoms with Crippen LogP contribution in [0.5, 0.6) is 11.5 Å². The van der Waals surface area contributed by atoms with Gasteiger partial charge in [0.25, 0.3) is 5.91 Å². The van der Waals surface area contributed by atoms with Gasteiger partial charge in [0.05, 0.1) is 26.1 Å². The molecule has 1 N–H and O–H groups in total. The summed E-state index contributed by atoms with van der Waals surface area (Å²) < 4.78 is 10.4. The maximum absolute atomic E-state index is 12.5. The molecule has 0 bridgehead atoms. The summed E-state index contributed by atoms with van der Waals surface area (Å²) in [6, 6.07) is 8.92. The lowest BCUT2D eigenvalue weighted by Gasteiger charge is -2.22. The summed E-state index contributed by atoms with van der Waals surface area (Å²) in [6.07, 6.45) is 6.86. The van der Waals surface area contributed by atoms with Gasteiger partial charge in [0.2, 0.25) is 0 Å². The fraction of sp³-hybridized carbons (Fsp3) is 0.400. The van der Waals surface area contributed by atoms with E-state index >= 15 is 0 Å². The Labute approximate surface area is 154 Å². The van der Waals surface area contributed by atoms with Crippen LogP contribution in [0.1, 0.15) is 36.0 Å². The number of carbonyl (C=O) groups is 1. The number of hydrogen-bond donors (Lipinski definition) is 1. The number of hydrogen-bond acceptors (Lipinski definition) is 5. The molecule has 1 aliphatic heterocycles. The molecule has 1 amide bonds. The van der Waals surface area contributed by atoms with Crippen LogP contribution < -0.4 is 19.7 Å². The van der Waals surface area contributed by atoms with Crippen molar-refractivity contribution in [2.24, 2.45) is 0 Å². The molecule has 1 aromatic carbocycles. The van der Waals surface area contributed by atoms with E-state index < -0.39 is 0 Å².